The Morgan fingerprint density at radius 2 is 1.06 bits per heavy atom. The number of hydrogen-bond acceptors (Lipinski definition) is 5. The molecule has 0 atom stereocenters. The zero-order valence-corrected chi connectivity index (χ0v) is 28.9. The number of para-hydroxylation sites is 2. The molecule has 0 spiro atoms. The summed E-state index contributed by atoms with van der Waals surface area (Å²) in [5.74, 6) is 2.33. The summed E-state index contributed by atoms with van der Waals surface area (Å²) in [7, 11) is 0. The monoisotopic (exact) mass is 691 g/mol. The zero-order chi connectivity index (χ0) is 35.6. The van der Waals surface area contributed by atoms with Crippen LogP contribution in [0.1, 0.15) is 0 Å². The van der Waals surface area contributed by atoms with Crippen molar-refractivity contribution in [2.24, 2.45) is 0 Å². The number of nitrogens with zero attached hydrogens (tertiary/aromatic N) is 5. The highest BCUT2D eigenvalue weighted by atomic mass is 16.3. The fourth-order valence-electron chi connectivity index (χ4n) is 7.78. The Bertz CT molecular complexity index is 3210. The summed E-state index contributed by atoms with van der Waals surface area (Å²) < 4.78 is 8.88. The molecule has 0 saturated heterocycles. The van der Waals surface area contributed by atoms with Crippen LogP contribution in [-0.2, 0) is 0 Å². The van der Waals surface area contributed by atoms with E-state index in [4.69, 9.17) is 24.4 Å². The van der Waals surface area contributed by atoms with Crippen molar-refractivity contribution in [3.63, 3.8) is 0 Å². The number of rotatable bonds is 5. The second-order valence-electron chi connectivity index (χ2n) is 13.5. The highest BCUT2D eigenvalue weighted by Gasteiger charge is 2.20. The van der Waals surface area contributed by atoms with Crippen molar-refractivity contribution in [2.45, 2.75) is 0 Å². The first kappa shape index (κ1) is 30.2. The van der Waals surface area contributed by atoms with Crippen molar-refractivity contribution in [2.75, 3.05) is 0 Å². The van der Waals surface area contributed by atoms with Crippen molar-refractivity contribution in [1.82, 2.24) is 24.5 Å². The standard InChI is InChI=1S/C48H29N5O/c1-3-14-32(15-4-1)48-49-40-27-25-31-17-12-23-38(43(31)44(40)54-48)47-51-45(50-46(52-47)37-22-11-16-30-13-7-8-20-35(30)37)33-26-28-42-39(29-33)36-21-9-10-24-41(36)53(42)34-18-5-2-6-19-34/h1-29H. The molecule has 0 N–H and O–H groups in total. The summed E-state index contributed by atoms with van der Waals surface area (Å²) in [6, 6.07) is 60.5. The van der Waals surface area contributed by atoms with Gasteiger partial charge in [-0.1, -0.05) is 121 Å². The molecule has 6 nitrogen and oxygen atoms in total. The number of fused-ring (bicyclic) bond motifs is 7. The summed E-state index contributed by atoms with van der Waals surface area (Å²) >= 11 is 0. The van der Waals surface area contributed by atoms with Gasteiger partial charge in [-0.3, -0.25) is 0 Å². The smallest absolute Gasteiger partial charge is 0.227 e. The predicted octanol–water partition coefficient (Wildman–Crippen LogP) is 12.1. The number of benzene rings is 8. The Hall–Kier alpha value is -7.44. The van der Waals surface area contributed by atoms with Gasteiger partial charge in [0.2, 0.25) is 5.89 Å². The van der Waals surface area contributed by atoms with Gasteiger partial charge in [0.25, 0.3) is 0 Å². The van der Waals surface area contributed by atoms with E-state index in [1.54, 1.807) is 0 Å². The molecule has 0 aliphatic carbocycles. The molecule has 11 rings (SSSR count). The molecule has 3 heterocycles. The van der Waals surface area contributed by atoms with Gasteiger partial charge in [0.1, 0.15) is 5.52 Å². The molecule has 11 aromatic rings. The lowest BCUT2D eigenvalue weighted by Crippen LogP contribution is -2.01. The maximum Gasteiger partial charge on any atom is 0.227 e. The molecule has 0 aliphatic heterocycles. The highest BCUT2D eigenvalue weighted by molar-refractivity contribution is 6.12. The van der Waals surface area contributed by atoms with Gasteiger partial charge in [0.15, 0.2) is 23.1 Å². The number of hydrogen-bond donors (Lipinski definition) is 0. The van der Waals surface area contributed by atoms with Crippen LogP contribution in [-0.4, -0.2) is 24.5 Å². The van der Waals surface area contributed by atoms with Crippen LogP contribution in [0.4, 0.5) is 0 Å². The van der Waals surface area contributed by atoms with Gasteiger partial charge in [-0.2, -0.15) is 0 Å². The second kappa shape index (κ2) is 12.1. The Kier molecular flexibility index (Phi) is 6.75. The van der Waals surface area contributed by atoms with E-state index in [0.29, 0.717) is 28.9 Å². The van der Waals surface area contributed by atoms with Crippen LogP contribution in [0, 0.1) is 0 Å². The molecule has 0 bridgehead atoms. The van der Waals surface area contributed by atoms with Gasteiger partial charge in [0.05, 0.1) is 11.0 Å². The summed E-state index contributed by atoms with van der Waals surface area (Å²) in [6.07, 6.45) is 0. The normalized spacial score (nSPS) is 11.7. The first-order chi connectivity index (χ1) is 26.8. The Morgan fingerprint density at radius 1 is 0.407 bits per heavy atom. The summed E-state index contributed by atoms with van der Waals surface area (Å²) in [4.78, 5) is 20.6. The van der Waals surface area contributed by atoms with Crippen LogP contribution in [0.3, 0.4) is 0 Å². The van der Waals surface area contributed by atoms with E-state index in [-0.39, 0.29) is 0 Å². The third-order valence-electron chi connectivity index (χ3n) is 10.3. The highest BCUT2D eigenvalue weighted by Crippen LogP contribution is 2.39. The third-order valence-corrected chi connectivity index (χ3v) is 10.3. The van der Waals surface area contributed by atoms with Gasteiger partial charge in [-0.25, -0.2) is 19.9 Å². The molecule has 0 fully saturated rings. The lowest BCUT2D eigenvalue weighted by molar-refractivity contribution is 0.623. The molecular weight excluding hydrogens is 663 g/mol. The Morgan fingerprint density at radius 3 is 1.91 bits per heavy atom. The minimum atomic E-state index is 0.561. The Balaban J connectivity index is 1.17. The summed E-state index contributed by atoms with van der Waals surface area (Å²) in [5, 5.41) is 6.41. The van der Waals surface area contributed by atoms with Crippen LogP contribution < -0.4 is 0 Å². The van der Waals surface area contributed by atoms with Crippen LogP contribution in [0.5, 0.6) is 0 Å². The maximum atomic E-state index is 6.56. The van der Waals surface area contributed by atoms with Crippen molar-refractivity contribution < 1.29 is 4.42 Å². The zero-order valence-electron chi connectivity index (χ0n) is 28.9. The lowest BCUT2D eigenvalue weighted by atomic mass is 10.0. The van der Waals surface area contributed by atoms with E-state index < -0.39 is 0 Å². The summed E-state index contributed by atoms with van der Waals surface area (Å²) in [6.45, 7) is 0. The molecule has 8 aromatic carbocycles. The minimum absolute atomic E-state index is 0.561. The van der Waals surface area contributed by atoms with E-state index in [0.717, 1.165) is 76.8 Å². The molecule has 3 aromatic heterocycles. The van der Waals surface area contributed by atoms with Crippen molar-refractivity contribution in [3.05, 3.63) is 176 Å². The fourth-order valence-corrected chi connectivity index (χ4v) is 7.78. The fraction of sp³-hybridized carbons (Fsp3) is 0. The van der Waals surface area contributed by atoms with E-state index in [2.05, 4.69) is 132 Å². The van der Waals surface area contributed by atoms with E-state index in [1.165, 1.54) is 0 Å². The molecule has 0 unspecified atom stereocenters. The van der Waals surface area contributed by atoms with Crippen LogP contribution >= 0.6 is 0 Å². The number of aromatic nitrogens is 5. The van der Waals surface area contributed by atoms with E-state index >= 15 is 0 Å². The average Bonchev–Trinajstić information content (AvgIpc) is 3.83. The Labute approximate surface area is 309 Å². The van der Waals surface area contributed by atoms with Gasteiger partial charge >= 0.3 is 0 Å². The quantitative estimate of drug-likeness (QED) is 0.180. The van der Waals surface area contributed by atoms with Gasteiger partial charge in [0, 0.05) is 44.1 Å². The first-order valence-corrected chi connectivity index (χ1v) is 18.0. The maximum absolute atomic E-state index is 6.56. The molecule has 0 radical (unpaired) electrons. The molecule has 0 aliphatic rings. The lowest BCUT2D eigenvalue weighted by Gasteiger charge is -2.12. The van der Waals surface area contributed by atoms with Crippen molar-refractivity contribution >= 4 is 54.5 Å². The predicted molar refractivity (Wildman–Crippen MR) is 218 cm³/mol. The minimum Gasteiger partial charge on any atom is -0.435 e. The topological polar surface area (TPSA) is 69.6 Å². The molecule has 0 amide bonds. The van der Waals surface area contributed by atoms with Crippen molar-refractivity contribution in [3.8, 4) is 51.3 Å². The first-order valence-electron chi connectivity index (χ1n) is 18.0. The molecule has 252 valence electrons. The van der Waals surface area contributed by atoms with Gasteiger partial charge in [-0.15, -0.1) is 0 Å². The van der Waals surface area contributed by atoms with E-state index in [1.807, 2.05) is 48.5 Å². The van der Waals surface area contributed by atoms with E-state index in [9.17, 15) is 0 Å². The number of oxazole rings is 1. The average molecular weight is 692 g/mol. The third kappa shape index (κ3) is 4.81. The van der Waals surface area contributed by atoms with Crippen LogP contribution in [0.25, 0.3) is 106 Å². The van der Waals surface area contributed by atoms with Crippen LogP contribution in [0.15, 0.2) is 180 Å². The summed E-state index contributed by atoms with van der Waals surface area (Å²) in [5.41, 5.74) is 8.46. The van der Waals surface area contributed by atoms with Crippen LogP contribution in [0.2, 0.25) is 0 Å². The molecule has 6 heteroatoms. The second-order valence-corrected chi connectivity index (χ2v) is 13.5. The van der Waals surface area contributed by atoms with Gasteiger partial charge < -0.3 is 8.98 Å². The molecule has 54 heavy (non-hydrogen) atoms. The molecule has 0 saturated carbocycles. The molecular formula is C48H29N5O. The largest absolute Gasteiger partial charge is 0.435 e. The van der Waals surface area contributed by atoms with Gasteiger partial charge in [-0.05, 0) is 70.8 Å². The van der Waals surface area contributed by atoms with Crippen molar-refractivity contribution in [1.29, 1.82) is 0 Å². The SMILES string of the molecule is c1ccc(-c2nc3ccc4cccc(-c5nc(-c6ccc7c(c6)c6ccccc6n7-c6ccccc6)nc(-c6cccc7ccccc67)n5)c4c3o2)cc1.